The first-order chi connectivity index (χ1) is 9.02. The van der Waals surface area contributed by atoms with Crippen LogP contribution in [-0.2, 0) is 22.8 Å². The molecule has 1 atom stereocenters. The van der Waals surface area contributed by atoms with Crippen molar-refractivity contribution in [3.63, 3.8) is 0 Å². The molecule has 0 aromatic carbocycles. The zero-order valence-corrected chi connectivity index (χ0v) is 13.6. The highest BCUT2D eigenvalue weighted by molar-refractivity contribution is 6.62. The zero-order valence-electron chi connectivity index (χ0n) is 12.6. The molecule has 0 aliphatic rings. The highest BCUT2D eigenvalue weighted by Gasteiger charge is 2.43. The Balaban J connectivity index is 3.90. The lowest BCUT2D eigenvalue weighted by Crippen LogP contribution is -2.46. The van der Waals surface area contributed by atoms with Crippen LogP contribution in [0.2, 0.25) is 5.54 Å². The summed E-state index contributed by atoms with van der Waals surface area (Å²) in [5, 5.41) is 0. The fourth-order valence-corrected chi connectivity index (χ4v) is 4.19. The number of esters is 1. The highest BCUT2D eigenvalue weighted by atomic mass is 28.4. The molecule has 0 aliphatic carbocycles. The molecule has 0 rings (SSSR count). The van der Waals surface area contributed by atoms with Gasteiger partial charge in [-0.2, -0.15) is 0 Å². The average Bonchev–Trinajstić information content (AvgIpc) is 2.40. The van der Waals surface area contributed by atoms with Gasteiger partial charge in [0.2, 0.25) is 0 Å². The van der Waals surface area contributed by atoms with E-state index in [1.165, 1.54) is 6.92 Å². The second-order valence-electron chi connectivity index (χ2n) is 4.32. The maximum Gasteiger partial charge on any atom is 0.503 e. The number of carbonyl (C=O) groups excluding carboxylic acids is 1. The lowest BCUT2D eigenvalue weighted by Gasteiger charge is -2.30. The van der Waals surface area contributed by atoms with Crippen LogP contribution in [0.1, 0.15) is 33.1 Å². The zero-order chi connectivity index (χ0) is 14.7. The first-order valence-electron chi connectivity index (χ1n) is 6.46. The van der Waals surface area contributed by atoms with Crippen LogP contribution in [0.3, 0.4) is 0 Å². The second-order valence-corrected chi connectivity index (χ2v) is 7.74. The summed E-state index contributed by atoms with van der Waals surface area (Å²) in [6.45, 7) is 3.84. The van der Waals surface area contributed by atoms with Crippen molar-refractivity contribution in [2.24, 2.45) is 0 Å². The largest absolute Gasteiger partial charge is 0.503 e. The van der Waals surface area contributed by atoms with Gasteiger partial charge in [-0.3, -0.25) is 4.79 Å². The quantitative estimate of drug-likeness (QED) is 0.268. The third-order valence-electron chi connectivity index (χ3n) is 3.01. The monoisotopic (exact) mass is 290 g/mol. The molecule has 6 heteroatoms. The molecule has 0 heterocycles. The standard InChI is InChI=1S/C13H26O5Si/c1-12(19(15-3,16-4)17-5)10-8-6-7-9-11-18-13(2)14/h7,9,12H,6,8,10-11H2,1-5H3/b9-7+. The first kappa shape index (κ1) is 18.3. The molecule has 0 saturated carbocycles. The van der Waals surface area contributed by atoms with Crippen molar-refractivity contribution in [2.45, 2.75) is 38.7 Å². The summed E-state index contributed by atoms with van der Waals surface area (Å²) >= 11 is 0. The van der Waals surface area contributed by atoms with Crippen LogP contribution in [0.15, 0.2) is 12.2 Å². The molecule has 1 unspecified atom stereocenters. The van der Waals surface area contributed by atoms with Crippen molar-refractivity contribution in [1.29, 1.82) is 0 Å². The molecule has 0 radical (unpaired) electrons. The minimum absolute atomic E-state index is 0.255. The number of ether oxygens (including phenoxy) is 1. The van der Waals surface area contributed by atoms with Gasteiger partial charge in [0.05, 0.1) is 0 Å². The Hall–Kier alpha value is -0.693. The van der Waals surface area contributed by atoms with E-state index < -0.39 is 8.80 Å². The van der Waals surface area contributed by atoms with Crippen LogP contribution in [0.5, 0.6) is 0 Å². The van der Waals surface area contributed by atoms with Crippen LogP contribution in [0.4, 0.5) is 0 Å². The second kappa shape index (κ2) is 10.1. The van der Waals surface area contributed by atoms with E-state index in [0.29, 0.717) is 6.61 Å². The van der Waals surface area contributed by atoms with Crippen LogP contribution >= 0.6 is 0 Å². The van der Waals surface area contributed by atoms with E-state index in [2.05, 4.69) is 6.92 Å². The lowest BCUT2D eigenvalue weighted by atomic mass is 10.2. The van der Waals surface area contributed by atoms with Gasteiger partial charge in [-0.05, 0) is 19.3 Å². The predicted octanol–water partition coefficient (Wildman–Crippen LogP) is 2.54. The number of allylic oxidation sites excluding steroid dienone is 1. The van der Waals surface area contributed by atoms with Crippen molar-refractivity contribution in [3.05, 3.63) is 12.2 Å². The van der Waals surface area contributed by atoms with E-state index >= 15 is 0 Å². The Morgan fingerprint density at radius 1 is 1.16 bits per heavy atom. The maximum absolute atomic E-state index is 10.5. The maximum atomic E-state index is 10.5. The summed E-state index contributed by atoms with van der Waals surface area (Å²) in [6, 6.07) is 0. The summed E-state index contributed by atoms with van der Waals surface area (Å²) in [7, 11) is 2.40. The van der Waals surface area contributed by atoms with Gasteiger partial charge < -0.3 is 18.0 Å². The van der Waals surface area contributed by atoms with E-state index in [1.807, 2.05) is 12.2 Å². The molecule has 0 aromatic heterocycles. The lowest BCUT2D eigenvalue weighted by molar-refractivity contribution is -0.139. The summed E-state index contributed by atoms with van der Waals surface area (Å²) in [5.41, 5.74) is 0.259. The normalized spacial score (nSPS) is 13.7. The fourth-order valence-electron chi connectivity index (χ4n) is 1.92. The molecular weight excluding hydrogens is 264 g/mol. The minimum atomic E-state index is -2.50. The van der Waals surface area contributed by atoms with Crippen LogP contribution in [-0.4, -0.2) is 42.7 Å². The number of unbranched alkanes of at least 4 members (excludes halogenated alkanes) is 1. The molecule has 0 bridgehead atoms. The van der Waals surface area contributed by atoms with Crippen LogP contribution in [0.25, 0.3) is 0 Å². The van der Waals surface area contributed by atoms with Gasteiger partial charge >= 0.3 is 14.8 Å². The number of hydrogen-bond donors (Lipinski definition) is 0. The van der Waals surface area contributed by atoms with E-state index in [1.54, 1.807) is 21.3 Å². The third-order valence-corrected chi connectivity index (χ3v) is 6.22. The van der Waals surface area contributed by atoms with Crippen molar-refractivity contribution in [1.82, 2.24) is 0 Å². The molecular formula is C13H26O5Si. The summed E-state index contributed by atoms with van der Waals surface area (Å²) in [6.07, 6.45) is 6.81. The van der Waals surface area contributed by atoms with Gasteiger partial charge in [0.25, 0.3) is 0 Å². The highest BCUT2D eigenvalue weighted by Crippen LogP contribution is 2.28. The Kier molecular flexibility index (Phi) is 9.77. The van der Waals surface area contributed by atoms with Gasteiger partial charge in [-0.15, -0.1) is 0 Å². The minimum Gasteiger partial charge on any atom is -0.462 e. The third kappa shape index (κ3) is 6.86. The summed E-state index contributed by atoms with van der Waals surface area (Å²) in [4.78, 5) is 10.5. The van der Waals surface area contributed by atoms with E-state index in [9.17, 15) is 4.79 Å². The van der Waals surface area contributed by atoms with E-state index in [0.717, 1.165) is 19.3 Å². The van der Waals surface area contributed by atoms with Gasteiger partial charge in [0.15, 0.2) is 0 Å². The van der Waals surface area contributed by atoms with Crippen LogP contribution in [0, 0.1) is 0 Å². The van der Waals surface area contributed by atoms with Gasteiger partial charge in [-0.25, -0.2) is 0 Å². The van der Waals surface area contributed by atoms with Gasteiger partial charge in [0, 0.05) is 33.8 Å². The van der Waals surface area contributed by atoms with Crippen molar-refractivity contribution in [3.8, 4) is 0 Å². The van der Waals surface area contributed by atoms with Gasteiger partial charge in [0.1, 0.15) is 6.61 Å². The van der Waals surface area contributed by atoms with Crippen molar-refractivity contribution in [2.75, 3.05) is 27.9 Å². The molecule has 0 N–H and O–H groups in total. The average molecular weight is 290 g/mol. The van der Waals surface area contributed by atoms with Crippen molar-refractivity contribution < 1.29 is 22.8 Å². The topological polar surface area (TPSA) is 54.0 Å². The molecule has 0 spiro atoms. The summed E-state index contributed by atoms with van der Waals surface area (Å²) < 4.78 is 21.1. The fraction of sp³-hybridized carbons (Fsp3) is 0.769. The van der Waals surface area contributed by atoms with Crippen LogP contribution < -0.4 is 0 Å². The smallest absolute Gasteiger partial charge is 0.462 e. The molecule has 112 valence electrons. The molecule has 0 saturated heterocycles. The Bertz CT molecular complexity index is 268. The molecule has 19 heavy (non-hydrogen) atoms. The number of hydrogen-bond acceptors (Lipinski definition) is 5. The number of carbonyl (C=O) groups is 1. The Labute approximate surface area is 117 Å². The van der Waals surface area contributed by atoms with E-state index in [4.69, 9.17) is 18.0 Å². The molecule has 5 nitrogen and oxygen atoms in total. The molecule has 0 aromatic rings. The SMILES string of the molecule is CO[Si](OC)(OC)C(C)CCC/C=C/COC(C)=O. The Morgan fingerprint density at radius 2 is 1.74 bits per heavy atom. The van der Waals surface area contributed by atoms with E-state index in [-0.39, 0.29) is 11.5 Å². The molecule has 0 fully saturated rings. The van der Waals surface area contributed by atoms with Gasteiger partial charge in [-0.1, -0.05) is 19.1 Å². The number of rotatable bonds is 10. The molecule has 0 aliphatic heterocycles. The summed E-state index contributed by atoms with van der Waals surface area (Å²) in [5.74, 6) is -0.255. The molecule has 0 amide bonds. The predicted molar refractivity (Wildman–Crippen MR) is 75.8 cm³/mol. The Morgan fingerprint density at radius 3 is 2.21 bits per heavy atom. The first-order valence-corrected chi connectivity index (χ1v) is 8.26. The van der Waals surface area contributed by atoms with Crippen molar-refractivity contribution >= 4 is 14.8 Å².